The third kappa shape index (κ3) is 3.31. The van der Waals surface area contributed by atoms with Crippen LogP contribution in [0.15, 0.2) is 0 Å². The van der Waals surface area contributed by atoms with Crippen molar-refractivity contribution in [3.63, 3.8) is 0 Å². The monoisotopic (exact) mass is 310 g/mol. The van der Waals surface area contributed by atoms with Gasteiger partial charge < -0.3 is 9.47 Å². The fourth-order valence-corrected chi connectivity index (χ4v) is 5.15. The topological polar surface area (TPSA) is 52.6 Å². The SMILES string of the molecule is CC(=O)OCC1C(OC(C)=O)CCC2C(C)(C)CCCC12C. The van der Waals surface area contributed by atoms with Gasteiger partial charge in [-0.15, -0.1) is 0 Å². The van der Waals surface area contributed by atoms with Gasteiger partial charge in [-0.1, -0.05) is 27.2 Å². The standard InChI is InChI=1S/C18H30O4/c1-12(19)21-11-14-15(22-13(2)20)7-8-16-17(3,4)9-6-10-18(14,16)5/h14-16H,6-11H2,1-5H3. The molecule has 0 aromatic heterocycles. The fraction of sp³-hybridized carbons (Fsp3) is 0.889. The third-order valence-corrected chi connectivity index (χ3v) is 6.10. The Balaban J connectivity index is 2.28. The van der Waals surface area contributed by atoms with Gasteiger partial charge in [0.15, 0.2) is 0 Å². The second-order valence-electron chi connectivity index (χ2n) is 8.03. The summed E-state index contributed by atoms with van der Waals surface area (Å²) in [5.41, 5.74) is 0.359. The maximum Gasteiger partial charge on any atom is 0.302 e. The molecule has 0 amide bonds. The lowest BCUT2D eigenvalue weighted by Gasteiger charge is -2.58. The predicted octanol–water partition coefficient (Wildman–Crippen LogP) is 3.72. The summed E-state index contributed by atoms with van der Waals surface area (Å²) in [4.78, 5) is 22.7. The van der Waals surface area contributed by atoms with E-state index in [-0.39, 0.29) is 29.4 Å². The first-order chi connectivity index (χ1) is 10.2. The number of hydrogen-bond donors (Lipinski definition) is 0. The minimum absolute atomic E-state index is 0.0650. The minimum Gasteiger partial charge on any atom is -0.465 e. The van der Waals surface area contributed by atoms with E-state index in [0.717, 1.165) is 19.3 Å². The van der Waals surface area contributed by atoms with Gasteiger partial charge in [0.2, 0.25) is 0 Å². The number of carbonyl (C=O) groups is 2. The fourth-order valence-electron chi connectivity index (χ4n) is 5.15. The first-order valence-electron chi connectivity index (χ1n) is 8.47. The van der Waals surface area contributed by atoms with Gasteiger partial charge in [-0.05, 0) is 42.4 Å². The molecule has 4 heteroatoms. The van der Waals surface area contributed by atoms with E-state index < -0.39 is 0 Å². The molecular formula is C18H30O4. The molecule has 0 saturated heterocycles. The molecule has 0 aromatic rings. The summed E-state index contributed by atoms with van der Waals surface area (Å²) in [5.74, 6) is 0.178. The smallest absolute Gasteiger partial charge is 0.302 e. The molecule has 2 saturated carbocycles. The molecule has 2 aliphatic rings. The average molecular weight is 310 g/mol. The molecule has 2 rings (SSSR count). The Hall–Kier alpha value is -1.06. The Labute approximate surface area is 133 Å². The molecular weight excluding hydrogens is 280 g/mol. The van der Waals surface area contributed by atoms with Gasteiger partial charge in [0.25, 0.3) is 0 Å². The van der Waals surface area contributed by atoms with Crippen molar-refractivity contribution in [1.82, 2.24) is 0 Å². The molecule has 0 bridgehead atoms. The van der Waals surface area contributed by atoms with Crippen molar-refractivity contribution >= 4 is 11.9 Å². The van der Waals surface area contributed by atoms with E-state index in [0.29, 0.717) is 17.9 Å². The molecule has 126 valence electrons. The van der Waals surface area contributed by atoms with Crippen molar-refractivity contribution in [1.29, 1.82) is 0 Å². The van der Waals surface area contributed by atoms with Crippen LogP contribution in [0.1, 0.15) is 66.7 Å². The molecule has 0 heterocycles. The van der Waals surface area contributed by atoms with Crippen LogP contribution < -0.4 is 0 Å². The third-order valence-electron chi connectivity index (χ3n) is 6.10. The number of ether oxygens (including phenoxy) is 2. The van der Waals surface area contributed by atoms with Crippen LogP contribution >= 0.6 is 0 Å². The lowest BCUT2D eigenvalue weighted by Crippen LogP contribution is -2.55. The van der Waals surface area contributed by atoms with Crippen LogP contribution in [-0.2, 0) is 19.1 Å². The highest BCUT2D eigenvalue weighted by Gasteiger charge is 2.55. The summed E-state index contributed by atoms with van der Waals surface area (Å²) in [6.07, 6.45) is 5.36. The molecule has 4 nitrogen and oxygen atoms in total. The van der Waals surface area contributed by atoms with Gasteiger partial charge in [0.05, 0.1) is 6.61 Å². The van der Waals surface area contributed by atoms with Crippen LogP contribution in [-0.4, -0.2) is 24.6 Å². The Kier molecular flexibility index (Phi) is 4.88. The number of hydrogen-bond acceptors (Lipinski definition) is 4. The zero-order chi connectivity index (χ0) is 16.5. The maximum absolute atomic E-state index is 11.5. The molecule has 4 atom stereocenters. The molecule has 0 N–H and O–H groups in total. The predicted molar refractivity (Wildman–Crippen MR) is 84.1 cm³/mol. The van der Waals surface area contributed by atoms with Gasteiger partial charge in [-0.25, -0.2) is 0 Å². The molecule has 22 heavy (non-hydrogen) atoms. The van der Waals surface area contributed by atoms with Crippen molar-refractivity contribution in [2.24, 2.45) is 22.7 Å². The second kappa shape index (κ2) is 6.21. The summed E-state index contributed by atoms with van der Waals surface area (Å²) >= 11 is 0. The molecule has 2 aliphatic carbocycles. The van der Waals surface area contributed by atoms with Crippen LogP contribution in [0.4, 0.5) is 0 Å². The van der Waals surface area contributed by atoms with Gasteiger partial charge in [0, 0.05) is 19.8 Å². The maximum atomic E-state index is 11.5. The average Bonchev–Trinajstić information content (AvgIpc) is 2.35. The zero-order valence-corrected chi connectivity index (χ0v) is 14.6. The summed E-state index contributed by atoms with van der Waals surface area (Å²) in [6, 6.07) is 0. The van der Waals surface area contributed by atoms with Crippen molar-refractivity contribution < 1.29 is 19.1 Å². The van der Waals surface area contributed by atoms with E-state index in [1.807, 2.05) is 0 Å². The summed E-state index contributed by atoms with van der Waals surface area (Å²) in [7, 11) is 0. The van der Waals surface area contributed by atoms with Crippen molar-refractivity contribution in [2.45, 2.75) is 72.8 Å². The van der Waals surface area contributed by atoms with E-state index in [1.54, 1.807) is 0 Å². The van der Waals surface area contributed by atoms with E-state index in [2.05, 4.69) is 20.8 Å². The Morgan fingerprint density at radius 3 is 2.32 bits per heavy atom. The second-order valence-corrected chi connectivity index (χ2v) is 8.03. The quantitative estimate of drug-likeness (QED) is 0.745. The van der Waals surface area contributed by atoms with Crippen molar-refractivity contribution in [3.05, 3.63) is 0 Å². The van der Waals surface area contributed by atoms with Crippen LogP contribution in [0.3, 0.4) is 0 Å². The molecule has 2 fully saturated rings. The minimum atomic E-state index is -0.262. The first-order valence-corrected chi connectivity index (χ1v) is 8.47. The number of rotatable bonds is 3. The van der Waals surface area contributed by atoms with Crippen LogP contribution in [0.2, 0.25) is 0 Å². The van der Waals surface area contributed by atoms with E-state index in [9.17, 15) is 9.59 Å². The Morgan fingerprint density at radius 1 is 1.05 bits per heavy atom. The normalized spacial score (nSPS) is 37.0. The Morgan fingerprint density at radius 2 is 1.73 bits per heavy atom. The van der Waals surface area contributed by atoms with E-state index >= 15 is 0 Å². The number of carbonyl (C=O) groups excluding carboxylic acids is 2. The molecule has 0 spiro atoms. The summed E-state index contributed by atoms with van der Waals surface area (Å²) in [5, 5.41) is 0. The lowest BCUT2D eigenvalue weighted by molar-refractivity contribution is -0.179. The van der Waals surface area contributed by atoms with Gasteiger partial charge in [0.1, 0.15) is 6.10 Å². The Bertz CT molecular complexity index is 442. The molecule has 4 unspecified atom stereocenters. The molecule has 0 aromatic carbocycles. The molecule has 0 radical (unpaired) electrons. The van der Waals surface area contributed by atoms with Crippen LogP contribution in [0, 0.1) is 22.7 Å². The lowest BCUT2D eigenvalue weighted by atomic mass is 9.48. The van der Waals surface area contributed by atoms with Crippen LogP contribution in [0.25, 0.3) is 0 Å². The number of esters is 2. The first kappa shape index (κ1) is 17.3. The molecule has 0 aliphatic heterocycles. The highest BCUT2D eigenvalue weighted by molar-refractivity contribution is 5.66. The van der Waals surface area contributed by atoms with E-state index in [1.165, 1.54) is 26.7 Å². The summed E-state index contributed by atoms with van der Waals surface area (Å²) in [6.45, 7) is 10.3. The largest absolute Gasteiger partial charge is 0.465 e. The van der Waals surface area contributed by atoms with Gasteiger partial charge >= 0.3 is 11.9 Å². The van der Waals surface area contributed by atoms with Gasteiger partial charge in [-0.2, -0.15) is 0 Å². The van der Waals surface area contributed by atoms with E-state index in [4.69, 9.17) is 9.47 Å². The van der Waals surface area contributed by atoms with Crippen molar-refractivity contribution in [2.75, 3.05) is 6.61 Å². The number of fused-ring (bicyclic) bond motifs is 1. The van der Waals surface area contributed by atoms with Gasteiger partial charge in [-0.3, -0.25) is 9.59 Å². The van der Waals surface area contributed by atoms with Crippen molar-refractivity contribution in [3.8, 4) is 0 Å². The highest BCUT2D eigenvalue weighted by Crippen LogP contribution is 2.60. The highest BCUT2D eigenvalue weighted by atomic mass is 16.6. The summed E-state index contributed by atoms with van der Waals surface area (Å²) < 4.78 is 10.9. The van der Waals surface area contributed by atoms with Crippen LogP contribution in [0.5, 0.6) is 0 Å². The zero-order valence-electron chi connectivity index (χ0n) is 14.6.